The van der Waals surface area contributed by atoms with Crippen molar-refractivity contribution in [3.8, 4) is 0 Å². The Morgan fingerprint density at radius 1 is 1.20 bits per heavy atom. The SMILES string of the molecule is [Br-].c1ccc2ocnc2c1. The average molecular weight is 199 g/mol. The maximum atomic E-state index is 5.01. The highest BCUT2D eigenvalue weighted by Crippen LogP contribution is 2.09. The minimum Gasteiger partial charge on any atom is -1.00 e. The lowest BCUT2D eigenvalue weighted by Crippen LogP contribution is -3.00. The van der Waals surface area contributed by atoms with Crippen molar-refractivity contribution >= 4 is 11.1 Å². The molecule has 0 aliphatic heterocycles. The largest absolute Gasteiger partial charge is 1.00 e. The van der Waals surface area contributed by atoms with Gasteiger partial charge in [-0.15, -0.1) is 0 Å². The van der Waals surface area contributed by atoms with Crippen LogP contribution in [0.4, 0.5) is 0 Å². The normalized spacial score (nSPS) is 9.20. The molecule has 3 heteroatoms. The summed E-state index contributed by atoms with van der Waals surface area (Å²) in [6.45, 7) is 0. The molecule has 1 heterocycles. The second-order valence-electron chi connectivity index (χ2n) is 1.82. The zero-order chi connectivity index (χ0) is 6.10. The first kappa shape index (κ1) is 7.28. The maximum Gasteiger partial charge on any atom is 0.181 e. The van der Waals surface area contributed by atoms with Crippen molar-refractivity contribution in [1.29, 1.82) is 0 Å². The van der Waals surface area contributed by atoms with Crippen LogP contribution in [0.2, 0.25) is 0 Å². The number of para-hydroxylation sites is 2. The number of hydrogen-bond acceptors (Lipinski definition) is 2. The summed E-state index contributed by atoms with van der Waals surface area (Å²) in [7, 11) is 0. The summed E-state index contributed by atoms with van der Waals surface area (Å²) in [4.78, 5) is 3.95. The Morgan fingerprint density at radius 3 is 2.80 bits per heavy atom. The number of rotatable bonds is 0. The van der Waals surface area contributed by atoms with E-state index >= 15 is 0 Å². The highest BCUT2D eigenvalue weighted by Gasteiger charge is 1.91. The van der Waals surface area contributed by atoms with Crippen molar-refractivity contribution in [2.45, 2.75) is 0 Å². The van der Waals surface area contributed by atoms with Crippen molar-refractivity contribution in [2.24, 2.45) is 0 Å². The molecular formula is C7H5BrNO-. The van der Waals surface area contributed by atoms with Crippen LogP contribution >= 0.6 is 0 Å². The molecule has 1 aromatic heterocycles. The van der Waals surface area contributed by atoms with E-state index in [2.05, 4.69) is 4.98 Å². The standard InChI is InChI=1S/C7H5NO.BrH/c1-2-4-7-6(3-1)8-5-9-7;/h1-5H;1H/p-1. The Balaban J connectivity index is 0.000000500. The van der Waals surface area contributed by atoms with Crippen molar-refractivity contribution in [3.05, 3.63) is 30.7 Å². The Kier molecular flexibility index (Phi) is 2.06. The summed E-state index contributed by atoms with van der Waals surface area (Å²) in [5.41, 5.74) is 1.76. The molecule has 0 saturated heterocycles. The van der Waals surface area contributed by atoms with Crippen molar-refractivity contribution in [1.82, 2.24) is 4.98 Å². The number of aromatic nitrogens is 1. The second kappa shape index (κ2) is 2.84. The van der Waals surface area contributed by atoms with E-state index in [-0.39, 0.29) is 17.0 Å². The van der Waals surface area contributed by atoms with Gasteiger partial charge in [0.25, 0.3) is 0 Å². The Morgan fingerprint density at radius 2 is 2.00 bits per heavy atom. The van der Waals surface area contributed by atoms with E-state index in [0.29, 0.717) is 0 Å². The predicted octanol–water partition coefficient (Wildman–Crippen LogP) is -1.17. The first-order valence-electron chi connectivity index (χ1n) is 2.75. The van der Waals surface area contributed by atoms with E-state index in [1.807, 2.05) is 24.3 Å². The summed E-state index contributed by atoms with van der Waals surface area (Å²) in [6.07, 6.45) is 1.45. The Hall–Kier alpha value is -0.830. The maximum absolute atomic E-state index is 5.01. The number of halogens is 1. The molecule has 0 bridgehead atoms. The molecule has 0 unspecified atom stereocenters. The third-order valence-electron chi connectivity index (χ3n) is 1.24. The fraction of sp³-hybridized carbons (Fsp3) is 0. The summed E-state index contributed by atoms with van der Waals surface area (Å²) in [5.74, 6) is 0. The molecule has 0 fully saturated rings. The number of nitrogens with zero attached hydrogens (tertiary/aromatic N) is 1. The van der Waals surface area contributed by atoms with Crippen LogP contribution in [0.3, 0.4) is 0 Å². The monoisotopic (exact) mass is 198 g/mol. The predicted molar refractivity (Wildman–Crippen MR) is 34.0 cm³/mol. The van der Waals surface area contributed by atoms with E-state index in [0.717, 1.165) is 11.1 Å². The third kappa shape index (κ3) is 1.04. The average Bonchev–Trinajstić information content (AvgIpc) is 2.33. The molecular weight excluding hydrogens is 194 g/mol. The van der Waals surface area contributed by atoms with Crippen LogP contribution in [-0.4, -0.2) is 4.98 Å². The minimum absolute atomic E-state index is 0. The molecule has 0 N–H and O–H groups in total. The molecule has 2 aromatic rings. The second-order valence-corrected chi connectivity index (χ2v) is 1.82. The minimum atomic E-state index is 0. The Bertz CT molecular complexity index is 288. The van der Waals surface area contributed by atoms with Gasteiger partial charge in [0.1, 0.15) is 5.52 Å². The molecule has 0 aliphatic rings. The number of fused-ring (bicyclic) bond motifs is 1. The molecule has 2 nitrogen and oxygen atoms in total. The van der Waals surface area contributed by atoms with Crippen molar-refractivity contribution < 1.29 is 21.4 Å². The van der Waals surface area contributed by atoms with Gasteiger partial charge in [0.15, 0.2) is 12.0 Å². The summed E-state index contributed by atoms with van der Waals surface area (Å²) < 4.78 is 5.01. The summed E-state index contributed by atoms with van der Waals surface area (Å²) in [6, 6.07) is 7.67. The van der Waals surface area contributed by atoms with Gasteiger partial charge in [0.05, 0.1) is 0 Å². The van der Waals surface area contributed by atoms with Crippen LogP contribution in [0, 0.1) is 0 Å². The molecule has 0 radical (unpaired) electrons. The molecule has 0 saturated carbocycles. The smallest absolute Gasteiger partial charge is 0.181 e. The first-order valence-corrected chi connectivity index (χ1v) is 2.75. The highest BCUT2D eigenvalue weighted by molar-refractivity contribution is 5.71. The van der Waals surface area contributed by atoms with Gasteiger partial charge >= 0.3 is 0 Å². The van der Waals surface area contributed by atoms with Crippen LogP contribution in [0.25, 0.3) is 11.1 Å². The van der Waals surface area contributed by atoms with Crippen LogP contribution in [0.15, 0.2) is 35.1 Å². The third-order valence-corrected chi connectivity index (χ3v) is 1.24. The van der Waals surface area contributed by atoms with E-state index in [4.69, 9.17) is 4.42 Å². The van der Waals surface area contributed by atoms with E-state index in [9.17, 15) is 0 Å². The van der Waals surface area contributed by atoms with Crippen LogP contribution in [0.1, 0.15) is 0 Å². The zero-order valence-electron chi connectivity index (χ0n) is 5.12. The van der Waals surface area contributed by atoms with E-state index in [1.165, 1.54) is 6.39 Å². The van der Waals surface area contributed by atoms with Gasteiger partial charge in [-0.25, -0.2) is 4.98 Å². The highest BCUT2D eigenvalue weighted by atomic mass is 79.9. The lowest BCUT2D eigenvalue weighted by Gasteiger charge is -1.79. The molecule has 2 rings (SSSR count). The van der Waals surface area contributed by atoms with E-state index < -0.39 is 0 Å². The first-order chi connectivity index (χ1) is 4.47. The number of benzene rings is 1. The molecule has 10 heavy (non-hydrogen) atoms. The van der Waals surface area contributed by atoms with Gasteiger partial charge in [-0.1, -0.05) is 12.1 Å². The lowest BCUT2D eigenvalue weighted by atomic mass is 10.3. The van der Waals surface area contributed by atoms with Crippen LogP contribution < -0.4 is 17.0 Å². The van der Waals surface area contributed by atoms with E-state index in [1.54, 1.807) is 0 Å². The van der Waals surface area contributed by atoms with Gasteiger partial charge in [-0.05, 0) is 12.1 Å². The fourth-order valence-corrected chi connectivity index (χ4v) is 0.803. The number of hydrogen-bond donors (Lipinski definition) is 0. The summed E-state index contributed by atoms with van der Waals surface area (Å²) in [5, 5.41) is 0. The topological polar surface area (TPSA) is 26.0 Å². The quantitative estimate of drug-likeness (QED) is 0.534. The van der Waals surface area contributed by atoms with Gasteiger partial charge in [0, 0.05) is 0 Å². The molecule has 1 aromatic carbocycles. The van der Waals surface area contributed by atoms with Gasteiger partial charge in [-0.3, -0.25) is 0 Å². The van der Waals surface area contributed by atoms with Crippen molar-refractivity contribution in [3.63, 3.8) is 0 Å². The summed E-state index contributed by atoms with van der Waals surface area (Å²) >= 11 is 0. The van der Waals surface area contributed by atoms with Gasteiger partial charge in [-0.2, -0.15) is 0 Å². The lowest BCUT2D eigenvalue weighted by molar-refractivity contribution is -0.00000231. The molecule has 0 amide bonds. The van der Waals surface area contributed by atoms with Gasteiger partial charge in [0.2, 0.25) is 0 Å². The molecule has 0 atom stereocenters. The molecule has 0 spiro atoms. The zero-order valence-corrected chi connectivity index (χ0v) is 6.71. The van der Waals surface area contributed by atoms with Crippen LogP contribution in [0.5, 0.6) is 0 Å². The van der Waals surface area contributed by atoms with Crippen LogP contribution in [-0.2, 0) is 0 Å². The van der Waals surface area contributed by atoms with Gasteiger partial charge < -0.3 is 21.4 Å². The number of oxazole rings is 1. The molecule has 52 valence electrons. The van der Waals surface area contributed by atoms with Crippen molar-refractivity contribution in [2.75, 3.05) is 0 Å². The Labute approximate surface area is 68.6 Å². The molecule has 0 aliphatic carbocycles. The fourth-order valence-electron chi connectivity index (χ4n) is 0.803.